The number of nitrogens with two attached hydrogens (primary N) is 1. The fraction of sp³-hybridized carbons (Fsp3) is 0.714. The van der Waals surface area contributed by atoms with E-state index >= 15 is 0 Å². The number of amides is 2. The predicted molar refractivity (Wildman–Crippen MR) is 156 cm³/mol. The van der Waals surface area contributed by atoms with Crippen LogP contribution in [0.3, 0.4) is 0 Å². The molecule has 0 spiro atoms. The minimum absolute atomic E-state index is 0.0284. The van der Waals surface area contributed by atoms with Crippen LogP contribution in [-0.2, 0) is 18.9 Å². The number of hydrogen-bond acceptors (Lipinski definition) is 6. The monoisotopic (exact) mass is 555 g/mol. The molecule has 11 nitrogen and oxygen atoms in total. The Balaban J connectivity index is 1.44. The molecule has 1 aromatic rings. The number of carbonyl (C=O) groups excluding carboxylic acids is 2. The number of rotatable bonds is 12. The topological polar surface area (TPSA) is 156 Å². The number of nitrogens with zero attached hydrogens (tertiary/aromatic N) is 2. The zero-order chi connectivity index (χ0) is 29.1. The van der Waals surface area contributed by atoms with Gasteiger partial charge in [-0.25, -0.2) is 4.98 Å². The number of H-pyrrole nitrogens is 1. The van der Waals surface area contributed by atoms with Crippen molar-refractivity contribution in [1.29, 1.82) is 0 Å². The molecule has 2 bridgehead atoms. The molecule has 2 amide bonds. The number of imidazole rings is 1. The van der Waals surface area contributed by atoms with Crippen LogP contribution in [0.25, 0.3) is 6.08 Å². The van der Waals surface area contributed by atoms with Crippen molar-refractivity contribution in [3.63, 3.8) is 0 Å². The molecule has 0 radical (unpaired) electrons. The van der Waals surface area contributed by atoms with Gasteiger partial charge < -0.3 is 36.0 Å². The number of hydrogen-bond donors (Lipinski definition) is 5. The van der Waals surface area contributed by atoms with Gasteiger partial charge in [0.05, 0.1) is 35.9 Å². The summed E-state index contributed by atoms with van der Waals surface area (Å²) < 4.78 is 13.2. The van der Waals surface area contributed by atoms with Gasteiger partial charge in [0.15, 0.2) is 5.96 Å². The molecular weight excluding hydrogens is 509 g/mol. The van der Waals surface area contributed by atoms with Crippen molar-refractivity contribution in [1.82, 2.24) is 25.9 Å². The van der Waals surface area contributed by atoms with E-state index in [1.807, 2.05) is 0 Å². The fourth-order valence-corrected chi connectivity index (χ4v) is 6.71. The number of carbonyl (C=O) groups is 2. The second-order valence-electron chi connectivity index (χ2n) is 12.7. The maximum absolute atomic E-state index is 13.7. The van der Waals surface area contributed by atoms with Gasteiger partial charge in [-0.15, -0.1) is 0 Å². The van der Waals surface area contributed by atoms with Gasteiger partial charge in [-0.3, -0.25) is 14.6 Å². The van der Waals surface area contributed by atoms with Gasteiger partial charge >= 0.3 is 7.12 Å². The van der Waals surface area contributed by atoms with Crippen LogP contribution in [0.5, 0.6) is 0 Å². The van der Waals surface area contributed by atoms with Gasteiger partial charge in [0.25, 0.3) is 0 Å². The van der Waals surface area contributed by atoms with Gasteiger partial charge in [0, 0.05) is 19.7 Å². The van der Waals surface area contributed by atoms with Crippen LogP contribution in [0.4, 0.5) is 0 Å². The third-order valence-corrected chi connectivity index (χ3v) is 9.13. The summed E-state index contributed by atoms with van der Waals surface area (Å²) in [6.45, 7) is 11.6. The normalized spacial score (nSPS) is 28.6. The summed E-state index contributed by atoms with van der Waals surface area (Å²) in [6, 6.07) is -0.749. The van der Waals surface area contributed by atoms with Gasteiger partial charge in [0.2, 0.25) is 11.8 Å². The second-order valence-corrected chi connectivity index (χ2v) is 12.7. The Kier molecular flexibility index (Phi) is 9.29. The lowest BCUT2D eigenvalue weighted by atomic mass is 9.43. The van der Waals surface area contributed by atoms with E-state index in [0.29, 0.717) is 55.2 Å². The van der Waals surface area contributed by atoms with E-state index in [2.05, 4.69) is 65.5 Å². The first-order chi connectivity index (χ1) is 18.9. The molecule has 40 heavy (non-hydrogen) atoms. The van der Waals surface area contributed by atoms with Crippen molar-refractivity contribution >= 4 is 31.0 Å². The van der Waals surface area contributed by atoms with E-state index in [1.54, 1.807) is 19.3 Å². The van der Waals surface area contributed by atoms with Gasteiger partial charge in [-0.1, -0.05) is 27.7 Å². The third kappa shape index (κ3) is 6.54. The predicted octanol–water partition coefficient (Wildman–Crippen LogP) is 2.02. The number of aliphatic imine (C=N–C) groups is 1. The Morgan fingerprint density at radius 2 is 2.08 bits per heavy atom. The molecule has 1 aromatic heterocycles. The van der Waals surface area contributed by atoms with Crippen molar-refractivity contribution in [2.75, 3.05) is 13.6 Å². The van der Waals surface area contributed by atoms with E-state index < -0.39 is 13.2 Å². The van der Waals surface area contributed by atoms with Crippen LogP contribution < -0.4 is 21.7 Å². The molecule has 1 aliphatic heterocycles. The van der Waals surface area contributed by atoms with Crippen molar-refractivity contribution in [3.05, 3.63) is 24.3 Å². The van der Waals surface area contributed by atoms with Crippen LogP contribution in [0.2, 0.25) is 0 Å². The Labute approximate surface area is 238 Å². The molecule has 4 fully saturated rings. The van der Waals surface area contributed by atoms with Crippen LogP contribution in [0, 0.1) is 23.2 Å². The Morgan fingerprint density at radius 3 is 2.73 bits per heavy atom. The Morgan fingerprint density at radius 1 is 1.30 bits per heavy atom. The first-order valence-corrected chi connectivity index (χ1v) is 14.5. The maximum atomic E-state index is 13.7. The summed E-state index contributed by atoms with van der Waals surface area (Å²) in [4.78, 5) is 37.2. The molecule has 0 unspecified atom stereocenters. The van der Waals surface area contributed by atoms with Gasteiger partial charge in [-0.05, 0) is 68.3 Å². The zero-order valence-corrected chi connectivity index (χ0v) is 24.7. The molecule has 6 atom stereocenters. The van der Waals surface area contributed by atoms with E-state index in [0.717, 1.165) is 6.42 Å². The lowest BCUT2D eigenvalue weighted by Crippen LogP contribution is -2.65. The molecule has 6 N–H and O–H groups in total. The molecule has 12 heteroatoms. The minimum Gasteiger partial charge on any atom is -0.404 e. The van der Waals surface area contributed by atoms with Crippen molar-refractivity contribution < 1.29 is 18.9 Å². The van der Waals surface area contributed by atoms with E-state index in [1.165, 1.54) is 18.8 Å². The second kappa shape index (κ2) is 12.3. The lowest BCUT2D eigenvalue weighted by molar-refractivity contribution is -0.199. The van der Waals surface area contributed by atoms with Crippen LogP contribution in [0.15, 0.2) is 23.6 Å². The quantitative estimate of drug-likeness (QED) is 0.0869. The summed E-state index contributed by atoms with van der Waals surface area (Å²) in [6.07, 6.45) is 10.0. The average molecular weight is 556 g/mol. The summed E-state index contributed by atoms with van der Waals surface area (Å²) in [5, 5.41) is 9.06. The Hall–Kier alpha value is -2.86. The first kappa shape index (κ1) is 30.1. The number of aromatic amines is 1. The molecule has 4 aliphatic rings. The summed E-state index contributed by atoms with van der Waals surface area (Å²) in [5.74, 6) is 0.751. The average Bonchev–Trinajstić information content (AvgIpc) is 3.55. The number of aromatic nitrogens is 2. The highest BCUT2D eigenvalue weighted by atomic mass is 16.7. The van der Waals surface area contributed by atoms with E-state index in [-0.39, 0.29) is 34.9 Å². The van der Waals surface area contributed by atoms with E-state index in [4.69, 9.17) is 15.0 Å². The molecule has 2 heterocycles. The lowest BCUT2D eigenvalue weighted by Gasteiger charge is -2.64. The summed E-state index contributed by atoms with van der Waals surface area (Å²) in [7, 11) is 1.07. The summed E-state index contributed by atoms with van der Waals surface area (Å²) in [5.41, 5.74) is 6.30. The highest BCUT2D eigenvalue weighted by Crippen LogP contribution is 2.65. The highest BCUT2D eigenvalue weighted by molar-refractivity contribution is 6.48. The molecule has 3 aliphatic carbocycles. The van der Waals surface area contributed by atoms with Crippen LogP contribution in [-0.4, -0.2) is 72.1 Å². The molecule has 1 saturated heterocycles. The van der Waals surface area contributed by atoms with Gasteiger partial charge in [0.1, 0.15) is 6.04 Å². The standard InChI is InChI=1S/C28H46BN7O4/c1-17(2)12-23(29-39-22-14-18-13-21(27(18,3)4)28(22,5)40-29)36-25(38)20(8-7-11-33-26(30)31-6)35-24(37)10-9-19-15-32-16-34-19/h9-10,15-18,20-23H,7-8,11-14H2,1-6H3,(H,32,34)(H,35,37)(H,36,38)(H3,30,31,33)/b10-9+/t18-,20-,21-,22+,23-,28-/m0/s1. The third-order valence-electron chi connectivity index (χ3n) is 9.13. The van der Waals surface area contributed by atoms with E-state index in [9.17, 15) is 9.59 Å². The number of nitrogens with one attached hydrogen (secondary N) is 4. The largest absolute Gasteiger partial charge is 0.481 e. The SMILES string of the molecule is CN=C(N)NCCC[C@H](NC(=O)/C=C/c1cnc[nH]1)C(=O)N[C@@H](CC(C)C)B1O[C@@H]2C[C@@H]3C[C@@H](C3(C)C)[C@]2(C)O1. The molecule has 3 saturated carbocycles. The Bertz CT molecular complexity index is 1090. The molecular formula is C28H46BN7O4. The molecule has 220 valence electrons. The summed E-state index contributed by atoms with van der Waals surface area (Å²) >= 11 is 0. The molecule has 0 aromatic carbocycles. The van der Waals surface area contributed by atoms with Gasteiger partial charge in [-0.2, -0.15) is 0 Å². The van der Waals surface area contributed by atoms with Crippen molar-refractivity contribution in [3.8, 4) is 0 Å². The van der Waals surface area contributed by atoms with Crippen LogP contribution >= 0.6 is 0 Å². The first-order valence-electron chi connectivity index (χ1n) is 14.5. The molecule has 5 rings (SSSR count). The minimum atomic E-state index is -0.749. The van der Waals surface area contributed by atoms with Crippen molar-refractivity contribution in [2.45, 2.75) is 90.4 Å². The highest BCUT2D eigenvalue weighted by Gasteiger charge is 2.68. The number of guanidine groups is 1. The maximum Gasteiger partial charge on any atom is 0.481 e. The fourth-order valence-electron chi connectivity index (χ4n) is 6.71. The smallest absolute Gasteiger partial charge is 0.404 e. The van der Waals surface area contributed by atoms with Crippen molar-refractivity contribution in [2.24, 2.45) is 33.9 Å². The zero-order valence-electron chi connectivity index (χ0n) is 24.7. The van der Waals surface area contributed by atoms with Crippen LogP contribution in [0.1, 0.15) is 72.4 Å².